The molecule has 1 fully saturated rings. The molecule has 3 aromatic rings. The number of thioether (sulfide) groups is 1. The SMILES string of the molecule is COc1cc(/C=C2/SC(=S)N(NC(=O)Nc3ccc(Cl)c(Cl)c3)C2=O)ccc1OCC(=O)Nc1ccc(C)cc1. The first-order chi connectivity index (χ1) is 19.1. The molecule has 4 amide bonds. The summed E-state index contributed by atoms with van der Waals surface area (Å²) in [5.74, 6) is -0.112. The van der Waals surface area contributed by atoms with Crippen molar-refractivity contribution in [1.82, 2.24) is 10.4 Å². The zero-order valence-electron chi connectivity index (χ0n) is 21.1. The Bertz CT molecular complexity index is 1520. The summed E-state index contributed by atoms with van der Waals surface area (Å²) in [6.07, 6.45) is 1.61. The number of halogens is 2. The number of nitrogens with one attached hydrogen (secondary N) is 3. The molecule has 40 heavy (non-hydrogen) atoms. The molecule has 0 bridgehead atoms. The van der Waals surface area contributed by atoms with Gasteiger partial charge in [-0.2, -0.15) is 5.01 Å². The average molecular weight is 618 g/mol. The zero-order chi connectivity index (χ0) is 28.8. The van der Waals surface area contributed by atoms with Gasteiger partial charge in [0, 0.05) is 11.4 Å². The number of amides is 4. The maximum atomic E-state index is 12.9. The number of carbonyl (C=O) groups excluding carboxylic acids is 3. The smallest absolute Gasteiger partial charge is 0.338 e. The van der Waals surface area contributed by atoms with E-state index in [9.17, 15) is 14.4 Å². The second-order valence-electron chi connectivity index (χ2n) is 8.33. The van der Waals surface area contributed by atoms with Crippen molar-refractivity contribution in [2.75, 3.05) is 24.4 Å². The van der Waals surface area contributed by atoms with Gasteiger partial charge in [0.25, 0.3) is 11.8 Å². The third-order valence-corrected chi connectivity index (χ3v) is 7.41. The molecule has 9 nitrogen and oxygen atoms in total. The summed E-state index contributed by atoms with van der Waals surface area (Å²) in [5, 5.41) is 6.91. The van der Waals surface area contributed by atoms with E-state index in [2.05, 4.69) is 16.1 Å². The van der Waals surface area contributed by atoms with Crippen LogP contribution in [-0.2, 0) is 9.59 Å². The van der Waals surface area contributed by atoms with E-state index < -0.39 is 11.9 Å². The highest BCUT2D eigenvalue weighted by atomic mass is 35.5. The van der Waals surface area contributed by atoms with Gasteiger partial charge in [-0.15, -0.1) is 0 Å². The van der Waals surface area contributed by atoms with Gasteiger partial charge in [-0.3, -0.25) is 9.59 Å². The molecule has 0 spiro atoms. The highest BCUT2D eigenvalue weighted by Crippen LogP contribution is 2.34. The quantitative estimate of drug-likeness (QED) is 0.202. The summed E-state index contributed by atoms with van der Waals surface area (Å²) in [6, 6.07) is 16.3. The van der Waals surface area contributed by atoms with Crippen molar-refractivity contribution in [3.05, 3.63) is 86.7 Å². The average Bonchev–Trinajstić information content (AvgIpc) is 3.18. The number of ether oxygens (including phenoxy) is 2. The number of hydrazine groups is 1. The summed E-state index contributed by atoms with van der Waals surface area (Å²) in [5.41, 5.74) is 5.18. The lowest BCUT2D eigenvalue weighted by Crippen LogP contribution is -2.46. The lowest BCUT2D eigenvalue weighted by Gasteiger charge is -2.16. The van der Waals surface area contributed by atoms with Crippen molar-refractivity contribution in [1.29, 1.82) is 0 Å². The Kier molecular flexibility index (Phi) is 9.54. The van der Waals surface area contributed by atoms with Crippen molar-refractivity contribution < 1.29 is 23.9 Å². The van der Waals surface area contributed by atoms with Crippen LogP contribution >= 0.6 is 47.2 Å². The molecule has 0 saturated carbocycles. The van der Waals surface area contributed by atoms with Crippen LogP contribution in [0.4, 0.5) is 16.2 Å². The summed E-state index contributed by atoms with van der Waals surface area (Å²) < 4.78 is 11.2. The highest BCUT2D eigenvalue weighted by molar-refractivity contribution is 8.26. The van der Waals surface area contributed by atoms with Crippen LogP contribution in [0.1, 0.15) is 11.1 Å². The van der Waals surface area contributed by atoms with Gasteiger partial charge in [-0.1, -0.05) is 58.7 Å². The lowest BCUT2D eigenvalue weighted by molar-refractivity contribution is -0.123. The van der Waals surface area contributed by atoms with Crippen LogP contribution in [0.3, 0.4) is 0 Å². The molecule has 1 saturated heterocycles. The molecule has 3 aromatic carbocycles. The van der Waals surface area contributed by atoms with Crippen LogP contribution in [0.15, 0.2) is 65.6 Å². The minimum atomic E-state index is -0.689. The molecular formula is C27H22Cl2N4O5S2. The van der Waals surface area contributed by atoms with Crippen molar-refractivity contribution in [2.24, 2.45) is 0 Å². The van der Waals surface area contributed by atoms with E-state index in [0.29, 0.717) is 33.5 Å². The van der Waals surface area contributed by atoms with Gasteiger partial charge in [0.15, 0.2) is 22.4 Å². The number of benzene rings is 3. The van der Waals surface area contributed by atoms with Crippen LogP contribution in [0.5, 0.6) is 11.5 Å². The third kappa shape index (κ3) is 7.45. The maximum absolute atomic E-state index is 12.9. The van der Waals surface area contributed by atoms with Gasteiger partial charge in [-0.05, 0) is 73.2 Å². The van der Waals surface area contributed by atoms with Gasteiger partial charge in [0.1, 0.15) is 0 Å². The molecular weight excluding hydrogens is 595 g/mol. The predicted molar refractivity (Wildman–Crippen MR) is 162 cm³/mol. The summed E-state index contributed by atoms with van der Waals surface area (Å²) in [4.78, 5) is 37.9. The Morgan fingerprint density at radius 2 is 1.70 bits per heavy atom. The largest absolute Gasteiger partial charge is 0.493 e. The molecule has 0 aliphatic carbocycles. The number of hydrogen-bond acceptors (Lipinski definition) is 7. The number of aryl methyl sites for hydroxylation is 1. The molecule has 1 heterocycles. The first kappa shape index (κ1) is 29.2. The minimum Gasteiger partial charge on any atom is -0.493 e. The molecule has 4 rings (SSSR count). The summed E-state index contributed by atoms with van der Waals surface area (Å²) >= 11 is 18.2. The van der Waals surface area contributed by atoms with Crippen molar-refractivity contribution in [2.45, 2.75) is 6.92 Å². The van der Waals surface area contributed by atoms with Crippen molar-refractivity contribution in [3.63, 3.8) is 0 Å². The molecule has 0 radical (unpaired) electrons. The van der Waals surface area contributed by atoms with Gasteiger partial charge in [0.05, 0.1) is 22.1 Å². The number of carbonyl (C=O) groups is 3. The highest BCUT2D eigenvalue weighted by Gasteiger charge is 2.33. The molecule has 1 aliphatic rings. The first-order valence-corrected chi connectivity index (χ1v) is 13.6. The fraction of sp³-hybridized carbons (Fsp3) is 0.111. The number of urea groups is 1. The molecule has 0 unspecified atom stereocenters. The Morgan fingerprint density at radius 3 is 2.40 bits per heavy atom. The number of rotatable bonds is 8. The van der Waals surface area contributed by atoms with E-state index in [0.717, 1.165) is 22.3 Å². The number of anilines is 2. The number of thiocarbonyl (C=S) groups is 1. The van der Waals surface area contributed by atoms with Crippen LogP contribution in [0.2, 0.25) is 10.0 Å². The molecule has 0 atom stereocenters. The van der Waals surface area contributed by atoms with E-state index in [1.54, 1.807) is 30.3 Å². The fourth-order valence-corrected chi connectivity index (χ4v) is 4.90. The monoisotopic (exact) mass is 616 g/mol. The molecule has 3 N–H and O–H groups in total. The standard InChI is InChI=1S/C27H22Cl2N4O5S2/c1-15-3-6-17(7-4-15)30-24(34)14-38-21-10-5-16(11-22(21)37-2)12-23-25(35)33(27(39)40-23)32-26(36)31-18-8-9-19(28)20(29)13-18/h3-13H,14H2,1-2H3,(H,30,34)(H2,31,32,36)/b23-12+. The number of methoxy groups -OCH3 is 1. The Balaban J connectivity index is 1.37. The molecule has 0 aromatic heterocycles. The lowest BCUT2D eigenvalue weighted by atomic mass is 10.2. The first-order valence-electron chi connectivity index (χ1n) is 11.6. The second kappa shape index (κ2) is 13.1. The van der Waals surface area contributed by atoms with Crippen molar-refractivity contribution in [3.8, 4) is 11.5 Å². The van der Waals surface area contributed by atoms with Gasteiger partial charge >= 0.3 is 6.03 Å². The molecule has 206 valence electrons. The number of nitrogens with zero attached hydrogens (tertiary/aromatic N) is 1. The summed E-state index contributed by atoms with van der Waals surface area (Å²) in [7, 11) is 1.47. The van der Waals surface area contributed by atoms with Crippen LogP contribution in [0, 0.1) is 6.92 Å². The van der Waals surface area contributed by atoms with Crippen LogP contribution in [-0.4, -0.2) is 40.9 Å². The Hall–Kier alpha value is -3.77. The third-order valence-electron chi connectivity index (χ3n) is 5.36. The maximum Gasteiger partial charge on any atom is 0.338 e. The Morgan fingerprint density at radius 1 is 0.975 bits per heavy atom. The molecule has 1 aliphatic heterocycles. The molecule has 13 heteroatoms. The Labute approximate surface area is 249 Å². The predicted octanol–water partition coefficient (Wildman–Crippen LogP) is 6.27. The van der Waals surface area contributed by atoms with E-state index in [1.165, 1.54) is 19.2 Å². The second-order valence-corrected chi connectivity index (χ2v) is 10.8. The number of hydrogen-bond donors (Lipinski definition) is 3. The normalized spacial score (nSPS) is 13.8. The van der Waals surface area contributed by atoms with Gasteiger partial charge in [-0.25, -0.2) is 10.2 Å². The van der Waals surface area contributed by atoms with E-state index in [1.807, 2.05) is 31.2 Å². The van der Waals surface area contributed by atoms with E-state index in [4.69, 9.17) is 44.9 Å². The topological polar surface area (TPSA) is 109 Å². The van der Waals surface area contributed by atoms with Crippen LogP contribution < -0.4 is 25.5 Å². The van der Waals surface area contributed by atoms with Gasteiger partial charge < -0.3 is 20.1 Å². The van der Waals surface area contributed by atoms with Crippen LogP contribution in [0.25, 0.3) is 6.08 Å². The van der Waals surface area contributed by atoms with Gasteiger partial charge in [0.2, 0.25) is 0 Å². The summed E-state index contributed by atoms with van der Waals surface area (Å²) in [6.45, 7) is 1.74. The van der Waals surface area contributed by atoms with Crippen molar-refractivity contribution >= 4 is 86.8 Å². The fourth-order valence-electron chi connectivity index (χ4n) is 3.42. The van der Waals surface area contributed by atoms with E-state index >= 15 is 0 Å². The minimum absolute atomic E-state index is 0.145. The zero-order valence-corrected chi connectivity index (χ0v) is 24.3. The van der Waals surface area contributed by atoms with E-state index in [-0.39, 0.29) is 26.8 Å².